The number of morpholine rings is 1. The van der Waals surface area contributed by atoms with Crippen molar-refractivity contribution >= 4 is 34.2 Å². The van der Waals surface area contributed by atoms with Gasteiger partial charge in [-0.2, -0.15) is 4.98 Å². The van der Waals surface area contributed by atoms with Crippen LogP contribution < -0.4 is 15.5 Å². The van der Waals surface area contributed by atoms with Crippen LogP contribution in [0.1, 0.15) is 42.8 Å². The van der Waals surface area contributed by atoms with Gasteiger partial charge in [0.1, 0.15) is 11.3 Å². The third-order valence-corrected chi connectivity index (χ3v) is 5.61. The Morgan fingerprint density at radius 3 is 2.59 bits per heavy atom. The third kappa shape index (κ3) is 5.28. The third-order valence-electron chi connectivity index (χ3n) is 5.61. The zero-order valence-electron chi connectivity index (χ0n) is 19.9. The first kappa shape index (κ1) is 23.5. The Kier molecular flexibility index (Phi) is 7.59. The molecule has 0 aliphatic carbocycles. The number of carbonyl (C=O) groups is 1. The predicted octanol–water partition coefficient (Wildman–Crippen LogP) is 4.62. The summed E-state index contributed by atoms with van der Waals surface area (Å²) in [5.41, 5.74) is 3.34. The van der Waals surface area contributed by atoms with Gasteiger partial charge in [0.15, 0.2) is 22.9 Å². The average Bonchev–Trinajstić information content (AvgIpc) is 3.32. The zero-order chi connectivity index (χ0) is 23.9. The SMILES string of the molecule is CC/C=C(\C=C(/NC)Nc1nc(N2CCOCC2)c2oc(C(=O)CC)cc2n1)c1ccccc1. The maximum atomic E-state index is 12.3. The van der Waals surface area contributed by atoms with Gasteiger partial charge >= 0.3 is 0 Å². The molecule has 34 heavy (non-hydrogen) atoms. The van der Waals surface area contributed by atoms with Crippen molar-refractivity contribution in [2.45, 2.75) is 26.7 Å². The molecule has 0 spiro atoms. The molecule has 3 aromatic rings. The minimum atomic E-state index is -0.0616. The van der Waals surface area contributed by atoms with Crippen molar-refractivity contribution in [3.63, 3.8) is 0 Å². The molecule has 1 fully saturated rings. The van der Waals surface area contributed by atoms with E-state index in [0.29, 0.717) is 61.4 Å². The zero-order valence-corrected chi connectivity index (χ0v) is 19.9. The maximum Gasteiger partial charge on any atom is 0.231 e. The number of hydrogen-bond donors (Lipinski definition) is 2. The predicted molar refractivity (Wildman–Crippen MR) is 135 cm³/mol. The van der Waals surface area contributed by atoms with Gasteiger partial charge < -0.3 is 24.7 Å². The summed E-state index contributed by atoms with van der Waals surface area (Å²) in [5.74, 6) is 2.08. The fraction of sp³-hybridized carbons (Fsp3) is 0.346. The van der Waals surface area contributed by atoms with Crippen molar-refractivity contribution in [1.29, 1.82) is 0 Å². The number of ether oxygens (including phenoxy) is 1. The van der Waals surface area contributed by atoms with Gasteiger partial charge in [-0.05, 0) is 23.6 Å². The maximum absolute atomic E-state index is 12.3. The first-order valence-electron chi connectivity index (χ1n) is 11.7. The van der Waals surface area contributed by atoms with Crippen LogP contribution >= 0.6 is 0 Å². The van der Waals surface area contributed by atoms with Crippen molar-refractivity contribution < 1.29 is 13.9 Å². The quantitative estimate of drug-likeness (QED) is 0.352. The summed E-state index contributed by atoms with van der Waals surface area (Å²) in [6.45, 7) is 6.53. The number of benzene rings is 1. The summed E-state index contributed by atoms with van der Waals surface area (Å²) in [4.78, 5) is 23.8. The number of nitrogens with zero attached hydrogens (tertiary/aromatic N) is 3. The lowest BCUT2D eigenvalue weighted by molar-refractivity contribution is 0.0963. The van der Waals surface area contributed by atoms with Gasteiger partial charge in [0.25, 0.3) is 0 Å². The van der Waals surface area contributed by atoms with E-state index >= 15 is 0 Å². The number of carbonyl (C=O) groups excluding carboxylic acids is 1. The Balaban J connectivity index is 1.73. The van der Waals surface area contributed by atoms with E-state index < -0.39 is 0 Å². The lowest BCUT2D eigenvalue weighted by Crippen LogP contribution is -2.37. The highest BCUT2D eigenvalue weighted by Crippen LogP contribution is 2.30. The second-order valence-electron chi connectivity index (χ2n) is 7.94. The van der Waals surface area contributed by atoms with Crippen molar-refractivity contribution in [3.8, 4) is 0 Å². The lowest BCUT2D eigenvalue weighted by Gasteiger charge is -2.27. The molecule has 0 amide bonds. The summed E-state index contributed by atoms with van der Waals surface area (Å²) in [6, 6.07) is 11.9. The second kappa shape index (κ2) is 11.0. The van der Waals surface area contributed by atoms with Crippen molar-refractivity contribution in [2.24, 2.45) is 0 Å². The molecule has 0 bridgehead atoms. The monoisotopic (exact) mass is 461 g/mol. The van der Waals surface area contributed by atoms with E-state index in [1.165, 1.54) is 0 Å². The van der Waals surface area contributed by atoms with Crippen LogP contribution in [0, 0.1) is 0 Å². The first-order chi connectivity index (χ1) is 16.6. The Morgan fingerprint density at radius 1 is 1.15 bits per heavy atom. The van der Waals surface area contributed by atoms with Crippen LogP contribution in [0.4, 0.5) is 11.8 Å². The minimum absolute atomic E-state index is 0.0616. The van der Waals surface area contributed by atoms with Gasteiger partial charge in [0.2, 0.25) is 5.95 Å². The Hall–Kier alpha value is -3.65. The molecular weight excluding hydrogens is 430 g/mol. The molecule has 1 aromatic carbocycles. The number of Topliss-reactive ketones (excluding diaryl/α,β-unsaturated/α-hetero) is 1. The molecule has 1 aliphatic rings. The molecule has 1 saturated heterocycles. The van der Waals surface area contributed by atoms with E-state index in [0.717, 1.165) is 23.4 Å². The first-order valence-corrected chi connectivity index (χ1v) is 11.7. The lowest BCUT2D eigenvalue weighted by atomic mass is 10.0. The minimum Gasteiger partial charge on any atom is -0.447 e. The van der Waals surface area contributed by atoms with E-state index in [2.05, 4.69) is 45.6 Å². The topological polar surface area (TPSA) is 92.5 Å². The van der Waals surface area contributed by atoms with Crippen LogP contribution in [-0.4, -0.2) is 49.1 Å². The number of allylic oxidation sites excluding steroid dienone is 3. The van der Waals surface area contributed by atoms with Crippen molar-refractivity contribution in [1.82, 2.24) is 15.3 Å². The van der Waals surface area contributed by atoms with Gasteiger partial charge in [-0.25, -0.2) is 4.98 Å². The van der Waals surface area contributed by atoms with Crippen molar-refractivity contribution in [2.75, 3.05) is 43.6 Å². The van der Waals surface area contributed by atoms with E-state index in [9.17, 15) is 4.79 Å². The molecular formula is C26H31N5O3. The van der Waals surface area contributed by atoms with Gasteiger partial charge in [-0.1, -0.05) is 50.3 Å². The molecule has 178 valence electrons. The summed E-state index contributed by atoms with van der Waals surface area (Å²) >= 11 is 0. The molecule has 2 aromatic heterocycles. The highest BCUT2D eigenvalue weighted by molar-refractivity contribution is 5.98. The molecule has 0 saturated carbocycles. The van der Waals surface area contributed by atoms with Gasteiger partial charge in [0.05, 0.1) is 13.2 Å². The number of rotatable bonds is 9. The number of ketones is 1. The van der Waals surface area contributed by atoms with Crippen LogP contribution in [0.15, 0.2) is 58.8 Å². The summed E-state index contributed by atoms with van der Waals surface area (Å²) in [7, 11) is 1.85. The highest BCUT2D eigenvalue weighted by Gasteiger charge is 2.22. The number of aromatic nitrogens is 2. The van der Waals surface area contributed by atoms with Crippen LogP contribution in [0.2, 0.25) is 0 Å². The molecule has 1 aliphatic heterocycles. The Bertz CT molecular complexity index is 1190. The van der Waals surface area contributed by atoms with Gasteiger partial charge in [-0.3, -0.25) is 4.79 Å². The van der Waals surface area contributed by atoms with Crippen LogP contribution in [-0.2, 0) is 4.74 Å². The smallest absolute Gasteiger partial charge is 0.231 e. The van der Waals surface area contributed by atoms with Gasteiger partial charge in [0, 0.05) is 32.6 Å². The number of fused-ring (bicyclic) bond motifs is 1. The van der Waals surface area contributed by atoms with Gasteiger partial charge in [-0.15, -0.1) is 0 Å². The highest BCUT2D eigenvalue weighted by atomic mass is 16.5. The average molecular weight is 462 g/mol. The van der Waals surface area contributed by atoms with E-state index in [1.54, 1.807) is 6.07 Å². The van der Waals surface area contributed by atoms with Crippen LogP contribution in [0.5, 0.6) is 0 Å². The number of nitrogens with one attached hydrogen (secondary N) is 2. The summed E-state index contributed by atoms with van der Waals surface area (Å²) in [5, 5.41) is 6.52. The summed E-state index contributed by atoms with van der Waals surface area (Å²) < 4.78 is 11.4. The number of hydrogen-bond acceptors (Lipinski definition) is 8. The van der Waals surface area contributed by atoms with Crippen molar-refractivity contribution in [3.05, 3.63) is 65.7 Å². The number of furan rings is 1. The standard InChI is InChI=1S/C26H31N5O3/c1-4-9-19(18-10-7-6-8-11-18)16-23(27-3)29-26-28-20-17-22(21(32)5-2)34-24(20)25(30-26)31-12-14-33-15-13-31/h6-11,16-17,27H,4-5,12-15H2,1-3H3,(H,28,29,30)/b19-9+,23-16+. The Labute approximate surface area is 199 Å². The molecule has 0 atom stereocenters. The summed E-state index contributed by atoms with van der Waals surface area (Å²) in [6.07, 6.45) is 5.49. The molecule has 2 N–H and O–H groups in total. The molecule has 8 nitrogen and oxygen atoms in total. The normalized spacial score (nSPS) is 15.0. The molecule has 0 unspecified atom stereocenters. The fourth-order valence-electron chi connectivity index (χ4n) is 3.83. The number of anilines is 2. The Morgan fingerprint density at radius 2 is 1.91 bits per heavy atom. The molecule has 3 heterocycles. The van der Waals surface area contributed by atoms with Crippen LogP contribution in [0.3, 0.4) is 0 Å². The van der Waals surface area contributed by atoms with E-state index in [4.69, 9.17) is 14.1 Å². The van der Waals surface area contributed by atoms with E-state index in [1.807, 2.05) is 38.2 Å². The second-order valence-corrected chi connectivity index (χ2v) is 7.94. The van der Waals surface area contributed by atoms with Crippen LogP contribution in [0.25, 0.3) is 16.7 Å². The van der Waals surface area contributed by atoms with E-state index in [-0.39, 0.29) is 5.78 Å². The molecule has 8 heteroatoms. The molecule has 4 rings (SSSR count). The molecule has 0 radical (unpaired) electrons. The fourth-order valence-corrected chi connectivity index (χ4v) is 3.83. The largest absolute Gasteiger partial charge is 0.447 e.